The smallest absolute Gasteiger partial charge is 0.258 e. The fraction of sp³-hybridized carbons (Fsp3) is 0.273. The first-order chi connectivity index (χ1) is 15.6. The Morgan fingerprint density at radius 1 is 1.31 bits per heavy atom. The third-order valence-corrected chi connectivity index (χ3v) is 5.43. The van der Waals surface area contributed by atoms with Crippen LogP contribution in [-0.4, -0.2) is 68.2 Å². The SMILES string of the molecule is Cn1nc(NC(=O)c2ccc(N3CCO[C@@H](CO)C3)nc2)cc1-c1nc2ccccc2[nH]1. The van der Waals surface area contributed by atoms with Crippen LogP contribution in [0.3, 0.4) is 0 Å². The maximum atomic E-state index is 12.7. The molecule has 4 heterocycles. The summed E-state index contributed by atoms with van der Waals surface area (Å²) < 4.78 is 7.14. The highest BCUT2D eigenvalue weighted by molar-refractivity contribution is 6.03. The Hall–Kier alpha value is -3.76. The molecule has 1 atom stereocenters. The van der Waals surface area contributed by atoms with Crippen LogP contribution in [0.1, 0.15) is 10.4 Å². The van der Waals surface area contributed by atoms with Crippen molar-refractivity contribution in [2.24, 2.45) is 7.05 Å². The molecule has 10 heteroatoms. The zero-order valence-corrected chi connectivity index (χ0v) is 17.5. The minimum Gasteiger partial charge on any atom is -0.394 e. The zero-order chi connectivity index (χ0) is 22.1. The summed E-state index contributed by atoms with van der Waals surface area (Å²) in [5.74, 6) is 1.55. The highest BCUT2D eigenvalue weighted by atomic mass is 16.5. The predicted molar refractivity (Wildman–Crippen MR) is 120 cm³/mol. The second-order valence-corrected chi connectivity index (χ2v) is 7.62. The number of fused-ring (bicyclic) bond motifs is 1. The summed E-state index contributed by atoms with van der Waals surface area (Å²) >= 11 is 0. The Kier molecular flexibility index (Phi) is 5.29. The van der Waals surface area contributed by atoms with E-state index < -0.39 is 0 Å². The lowest BCUT2D eigenvalue weighted by atomic mass is 10.2. The largest absolute Gasteiger partial charge is 0.394 e. The number of aliphatic hydroxyl groups is 1. The molecule has 1 aliphatic rings. The van der Waals surface area contributed by atoms with Crippen LogP contribution < -0.4 is 10.2 Å². The molecule has 0 spiro atoms. The number of anilines is 2. The summed E-state index contributed by atoms with van der Waals surface area (Å²) in [5, 5.41) is 16.5. The highest BCUT2D eigenvalue weighted by Crippen LogP contribution is 2.23. The topological polar surface area (TPSA) is 121 Å². The maximum Gasteiger partial charge on any atom is 0.258 e. The van der Waals surface area contributed by atoms with Gasteiger partial charge < -0.3 is 25.0 Å². The molecule has 1 saturated heterocycles. The molecule has 1 aliphatic heterocycles. The number of aryl methyl sites for hydroxylation is 1. The van der Waals surface area contributed by atoms with Crippen molar-refractivity contribution in [3.05, 3.63) is 54.2 Å². The van der Waals surface area contributed by atoms with Crippen molar-refractivity contribution in [1.82, 2.24) is 24.7 Å². The lowest BCUT2D eigenvalue weighted by Gasteiger charge is -2.32. The number of para-hydroxylation sites is 2. The van der Waals surface area contributed by atoms with Gasteiger partial charge in [-0.05, 0) is 24.3 Å². The molecule has 3 aromatic heterocycles. The predicted octanol–water partition coefficient (Wildman–Crippen LogP) is 1.81. The van der Waals surface area contributed by atoms with Crippen LogP contribution in [0, 0.1) is 0 Å². The number of ether oxygens (including phenoxy) is 1. The number of hydrogen-bond acceptors (Lipinski definition) is 7. The number of amides is 1. The van der Waals surface area contributed by atoms with Crippen LogP contribution in [0.2, 0.25) is 0 Å². The van der Waals surface area contributed by atoms with Crippen molar-refractivity contribution >= 4 is 28.6 Å². The molecule has 32 heavy (non-hydrogen) atoms. The first-order valence-electron chi connectivity index (χ1n) is 10.3. The number of aromatic nitrogens is 5. The molecule has 0 radical (unpaired) electrons. The molecule has 1 amide bonds. The molecule has 5 rings (SSSR count). The first kappa shape index (κ1) is 20.2. The fourth-order valence-electron chi connectivity index (χ4n) is 3.76. The summed E-state index contributed by atoms with van der Waals surface area (Å²) in [7, 11) is 1.80. The average Bonchev–Trinajstić information content (AvgIpc) is 3.42. The third kappa shape index (κ3) is 3.93. The van der Waals surface area contributed by atoms with E-state index in [-0.39, 0.29) is 18.6 Å². The minimum atomic E-state index is -0.298. The maximum absolute atomic E-state index is 12.7. The monoisotopic (exact) mass is 433 g/mol. The number of aromatic amines is 1. The molecule has 0 saturated carbocycles. The van der Waals surface area contributed by atoms with Gasteiger partial charge in [0.2, 0.25) is 0 Å². The fourth-order valence-corrected chi connectivity index (χ4v) is 3.76. The lowest BCUT2D eigenvalue weighted by molar-refractivity contribution is 0.00336. The van der Waals surface area contributed by atoms with Crippen LogP contribution in [0.5, 0.6) is 0 Å². The summed E-state index contributed by atoms with van der Waals surface area (Å²) in [6.07, 6.45) is 1.32. The Labute approximate surface area is 183 Å². The van der Waals surface area contributed by atoms with E-state index in [2.05, 4.69) is 25.4 Å². The summed E-state index contributed by atoms with van der Waals surface area (Å²) in [5.41, 5.74) is 2.99. The Bertz CT molecular complexity index is 1220. The van der Waals surface area contributed by atoms with Crippen LogP contribution in [0.25, 0.3) is 22.6 Å². The van der Waals surface area contributed by atoms with Gasteiger partial charge in [-0.1, -0.05) is 12.1 Å². The van der Waals surface area contributed by atoms with E-state index in [9.17, 15) is 9.90 Å². The average molecular weight is 433 g/mol. The van der Waals surface area contributed by atoms with E-state index in [0.717, 1.165) is 22.5 Å². The number of hydrogen-bond donors (Lipinski definition) is 3. The number of morpholine rings is 1. The van der Waals surface area contributed by atoms with Crippen molar-refractivity contribution in [2.75, 3.05) is 36.5 Å². The van der Waals surface area contributed by atoms with Gasteiger partial charge in [0.1, 0.15) is 11.5 Å². The molecule has 164 valence electrons. The van der Waals surface area contributed by atoms with E-state index in [1.54, 1.807) is 29.9 Å². The van der Waals surface area contributed by atoms with Gasteiger partial charge in [-0.15, -0.1) is 0 Å². The van der Waals surface area contributed by atoms with Gasteiger partial charge in [-0.2, -0.15) is 5.10 Å². The molecule has 0 unspecified atom stereocenters. The number of aliphatic hydroxyl groups excluding tert-OH is 1. The number of carbonyl (C=O) groups is 1. The molecule has 0 bridgehead atoms. The summed E-state index contributed by atoms with van der Waals surface area (Å²) in [4.78, 5) is 27.0. The van der Waals surface area contributed by atoms with Crippen LogP contribution in [0.15, 0.2) is 48.7 Å². The van der Waals surface area contributed by atoms with Gasteiger partial charge >= 0.3 is 0 Å². The quantitative estimate of drug-likeness (QED) is 0.439. The minimum absolute atomic E-state index is 0.0307. The second-order valence-electron chi connectivity index (χ2n) is 7.62. The number of nitrogens with one attached hydrogen (secondary N) is 2. The van der Waals surface area contributed by atoms with E-state index in [1.807, 2.05) is 29.2 Å². The van der Waals surface area contributed by atoms with E-state index in [4.69, 9.17) is 4.74 Å². The van der Waals surface area contributed by atoms with Crippen molar-refractivity contribution in [3.63, 3.8) is 0 Å². The van der Waals surface area contributed by atoms with Gasteiger partial charge in [0.25, 0.3) is 5.91 Å². The second kappa shape index (κ2) is 8.40. The number of rotatable bonds is 5. The Balaban J connectivity index is 1.29. The number of H-pyrrole nitrogens is 1. The van der Waals surface area contributed by atoms with Crippen molar-refractivity contribution in [2.45, 2.75) is 6.10 Å². The van der Waals surface area contributed by atoms with Crippen molar-refractivity contribution < 1.29 is 14.6 Å². The Morgan fingerprint density at radius 3 is 2.97 bits per heavy atom. The van der Waals surface area contributed by atoms with Crippen LogP contribution in [-0.2, 0) is 11.8 Å². The number of imidazole rings is 1. The molecule has 3 N–H and O–H groups in total. The van der Waals surface area contributed by atoms with Crippen LogP contribution in [0.4, 0.5) is 11.6 Å². The molecule has 4 aromatic rings. The molecule has 0 aliphatic carbocycles. The number of benzene rings is 1. The Morgan fingerprint density at radius 2 is 2.19 bits per heavy atom. The van der Waals surface area contributed by atoms with Gasteiger partial charge in [-0.25, -0.2) is 9.97 Å². The molecular weight excluding hydrogens is 410 g/mol. The summed E-state index contributed by atoms with van der Waals surface area (Å²) in [6.45, 7) is 1.75. The zero-order valence-electron chi connectivity index (χ0n) is 17.5. The normalized spacial score (nSPS) is 16.4. The molecular formula is C22H23N7O3. The molecule has 1 aromatic carbocycles. The van der Waals surface area contributed by atoms with Crippen LogP contribution >= 0.6 is 0 Å². The van der Waals surface area contributed by atoms with Gasteiger partial charge in [0, 0.05) is 32.4 Å². The lowest BCUT2D eigenvalue weighted by Crippen LogP contribution is -2.44. The third-order valence-electron chi connectivity index (χ3n) is 5.43. The molecule has 1 fully saturated rings. The number of pyridine rings is 1. The van der Waals surface area contributed by atoms with Gasteiger partial charge in [0.05, 0.1) is 35.9 Å². The standard InChI is InChI=1S/C22H23N7O3/c1-28-18(21-24-16-4-2-3-5-17(16)25-21)10-19(27-28)26-22(31)14-6-7-20(23-11-14)29-8-9-32-15(12-29)13-30/h2-7,10-11,15,30H,8-9,12-13H2,1H3,(H,24,25)(H,26,27,31)/t15-/m1/s1. The van der Waals surface area contributed by atoms with E-state index in [1.165, 1.54) is 6.20 Å². The van der Waals surface area contributed by atoms with Gasteiger partial charge in [-0.3, -0.25) is 9.48 Å². The van der Waals surface area contributed by atoms with E-state index >= 15 is 0 Å². The first-order valence-corrected chi connectivity index (χ1v) is 10.3. The summed E-state index contributed by atoms with van der Waals surface area (Å²) in [6, 6.07) is 13.1. The van der Waals surface area contributed by atoms with Crippen molar-refractivity contribution in [3.8, 4) is 11.5 Å². The number of carbonyl (C=O) groups excluding carboxylic acids is 1. The molecule has 10 nitrogen and oxygen atoms in total. The number of nitrogens with zero attached hydrogens (tertiary/aromatic N) is 5. The highest BCUT2D eigenvalue weighted by Gasteiger charge is 2.21. The van der Waals surface area contributed by atoms with Gasteiger partial charge in [0.15, 0.2) is 11.6 Å². The van der Waals surface area contributed by atoms with Crippen molar-refractivity contribution in [1.29, 1.82) is 0 Å². The van der Waals surface area contributed by atoms with E-state index in [0.29, 0.717) is 36.9 Å².